The van der Waals surface area contributed by atoms with Gasteiger partial charge in [-0.15, -0.1) is 0 Å². The molecule has 19 nitrogen and oxygen atoms in total. The van der Waals surface area contributed by atoms with Crippen LogP contribution in [0.25, 0.3) is 0 Å². The second-order valence-corrected chi connectivity index (χ2v) is 28.5. The Labute approximate surface area is 615 Å². The van der Waals surface area contributed by atoms with Crippen molar-refractivity contribution in [3.05, 3.63) is 97.2 Å². The highest BCUT2D eigenvalue weighted by Gasteiger charge is 2.54. The fourth-order valence-electron chi connectivity index (χ4n) is 13.1. The Morgan fingerprint density at radius 2 is 0.686 bits per heavy atom. The molecule has 102 heavy (non-hydrogen) atoms. The number of hydrogen-bond acceptors (Lipinski definition) is 18. The zero-order chi connectivity index (χ0) is 73.9. The van der Waals surface area contributed by atoms with Crippen LogP contribution in [-0.2, 0) is 33.2 Å². The summed E-state index contributed by atoms with van der Waals surface area (Å²) in [5.41, 5.74) is 0. The van der Waals surface area contributed by atoms with Gasteiger partial charge in [-0.25, -0.2) is 0 Å². The standard InChI is InChI=1S/C83H145NO18/c1-3-5-7-9-11-13-15-17-19-21-23-25-27-29-30-31-32-33-34-35-37-38-40-42-44-46-48-50-52-54-56-58-60-67(88)66(84-71(89)61-59-57-55-53-51-49-47-45-43-41-39-36-28-26-24-22-20-18-16-14-12-10-8-6-4-2)65-97-81-77(95)74(92)79(69(63-86)99-81)102-83-78(96)75(93)80(70(64-87)100-83)101-82-76(94)73(91)72(90)68(62-85)98-82/h6,8,12,14,18,20,24,26,36,39,42,44,50,52,58,60,66-70,72-83,85-88,90-96H,3-5,7,9-11,13,15-17,19,21-23,25,27-35,37-38,40-41,43,45-49,51,53-57,59,61-65H2,1-2H3,(H,84,89)/b8-6-,14-12-,20-18-,26-24-,39-36-,44-42+,52-50+,60-58+. The van der Waals surface area contributed by atoms with Crippen molar-refractivity contribution >= 4 is 5.91 Å². The molecule has 3 heterocycles. The number of unbranched alkanes of at least 4 members (excludes halogenated alkanes) is 33. The van der Waals surface area contributed by atoms with E-state index >= 15 is 0 Å². The predicted octanol–water partition coefficient (Wildman–Crippen LogP) is 13.6. The molecule has 3 rings (SSSR count). The molecular weight excluding hydrogens is 1300 g/mol. The van der Waals surface area contributed by atoms with Crippen LogP contribution in [0, 0.1) is 0 Å². The highest BCUT2D eigenvalue weighted by Crippen LogP contribution is 2.33. The number of carbonyl (C=O) groups is 1. The Bertz CT molecular complexity index is 2220. The molecule has 3 aliphatic rings. The third kappa shape index (κ3) is 42.3. The van der Waals surface area contributed by atoms with Gasteiger partial charge in [-0.05, 0) is 89.9 Å². The first-order valence-electron chi connectivity index (χ1n) is 40.5. The molecule has 17 unspecified atom stereocenters. The van der Waals surface area contributed by atoms with Gasteiger partial charge in [-0.1, -0.05) is 291 Å². The van der Waals surface area contributed by atoms with E-state index in [0.29, 0.717) is 12.8 Å². The molecular formula is C83H145NO18. The average Bonchev–Trinajstić information content (AvgIpc) is 0.781. The minimum absolute atomic E-state index is 0.219. The highest BCUT2D eigenvalue weighted by molar-refractivity contribution is 5.76. The highest BCUT2D eigenvalue weighted by atomic mass is 16.8. The first-order chi connectivity index (χ1) is 49.8. The van der Waals surface area contributed by atoms with Gasteiger partial charge in [-0.2, -0.15) is 0 Å². The lowest BCUT2D eigenvalue weighted by Crippen LogP contribution is -2.66. The molecule has 0 radical (unpaired) electrons. The lowest BCUT2D eigenvalue weighted by atomic mass is 9.96. The predicted molar refractivity (Wildman–Crippen MR) is 406 cm³/mol. The molecule has 3 saturated heterocycles. The molecule has 19 heteroatoms. The van der Waals surface area contributed by atoms with Crippen molar-refractivity contribution in [2.75, 3.05) is 26.4 Å². The maximum absolute atomic E-state index is 13.5. The summed E-state index contributed by atoms with van der Waals surface area (Å²) in [5, 5.41) is 121. The number of aliphatic hydroxyl groups excluding tert-OH is 11. The molecule has 0 aliphatic carbocycles. The van der Waals surface area contributed by atoms with E-state index in [0.717, 1.165) is 89.9 Å². The molecule has 3 fully saturated rings. The third-order valence-electron chi connectivity index (χ3n) is 19.6. The van der Waals surface area contributed by atoms with E-state index in [1.807, 2.05) is 6.08 Å². The SMILES string of the molecule is CC/C=C\C/C=C\C/C=C\C/C=C\C/C=C\CCCCCCCCCCCC(=O)NC(COC1OC(CO)C(OC2OC(CO)C(OC3OC(CO)C(O)C(O)C3O)C(O)C2O)C(O)C1O)C(O)/C=C/CC/C=C/CC/C=C/CCCCCCCCCCCCCCCCCCCCCCCC. The maximum atomic E-state index is 13.5. The molecule has 0 aromatic heterocycles. The van der Waals surface area contributed by atoms with Crippen LogP contribution >= 0.6 is 0 Å². The van der Waals surface area contributed by atoms with Crippen LogP contribution in [0.1, 0.15) is 290 Å². The van der Waals surface area contributed by atoms with Crippen molar-refractivity contribution in [2.45, 2.75) is 394 Å². The van der Waals surface area contributed by atoms with Crippen LogP contribution in [0.15, 0.2) is 97.2 Å². The number of carbonyl (C=O) groups excluding carboxylic acids is 1. The lowest BCUT2D eigenvalue weighted by molar-refractivity contribution is -0.379. The Morgan fingerprint density at radius 1 is 0.363 bits per heavy atom. The van der Waals surface area contributed by atoms with Gasteiger partial charge >= 0.3 is 0 Å². The molecule has 0 saturated carbocycles. The number of ether oxygens (including phenoxy) is 6. The van der Waals surface area contributed by atoms with Gasteiger partial charge in [0.1, 0.15) is 73.2 Å². The first-order valence-corrected chi connectivity index (χ1v) is 40.5. The average molecular weight is 1450 g/mol. The quantitative estimate of drug-likeness (QED) is 0.0199. The fourth-order valence-corrected chi connectivity index (χ4v) is 13.1. The van der Waals surface area contributed by atoms with Gasteiger partial charge in [-0.3, -0.25) is 4.79 Å². The lowest BCUT2D eigenvalue weighted by Gasteiger charge is -2.48. The maximum Gasteiger partial charge on any atom is 0.220 e. The van der Waals surface area contributed by atoms with E-state index in [9.17, 15) is 61.0 Å². The number of hydrogen-bond donors (Lipinski definition) is 12. The Hall–Kier alpha value is -3.29. The zero-order valence-electron chi connectivity index (χ0n) is 63.1. The molecule has 0 aromatic carbocycles. The summed E-state index contributed by atoms with van der Waals surface area (Å²) in [6.07, 6.45) is 58.3. The normalized spacial score (nSPS) is 26.7. The number of aliphatic hydroxyl groups is 11. The van der Waals surface area contributed by atoms with Gasteiger partial charge in [0.25, 0.3) is 0 Å². The topological polar surface area (TPSA) is 307 Å². The van der Waals surface area contributed by atoms with Crippen LogP contribution < -0.4 is 5.32 Å². The summed E-state index contributed by atoms with van der Waals surface area (Å²) in [4.78, 5) is 13.5. The zero-order valence-corrected chi connectivity index (χ0v) is 63.1. The van der Waals surface area contributed by atoms with Crippen LogP contribution in [-0.4, -0.2) is 193 Å². The largest absolute Gasteiger partial charge is 0.394 e. The van der Waals surface area contributed by atoms with E-state index in [-0.39, 0.29) is 18.9 Å². The van der Waals surface area contributed by atoms with Gasteiger partial charge in [0.2, 0.25) is 5.91 Å². The second-order valence-electron chi connectivity index (χ2n) is 28.5. The van der Waals surface area contributed by atoms with E-state index in [1.165, 1.54) is 167 Å². The smallest absolute Gasteiger partial charge is 0.220 e. The van der Waals surface area contributed by atoms with E-state index in [1.54, 1.807) is 6.08 Å². The first kappa shape index (κ1) is 92.9. The third-order valence-corrected chi connectivity index (χ3v) is 19.6. The van der Waals surface area contributed by atoms with Crippen molar-refractivity contribution in [3.63, 3.8) is 0 Å². The van der Waals surface area contributed by atoms with Crippen LogP contribution in [0.3, 0.4) is 0 Å². The van der Waals surface area contributed by atoms with E-state index in [4.69, 9.17) is 28.4 Å². The number of allylic oxidation sites excluding steroid dienone is 15. The molecule has 17 atom stereocenters. The Balaban J connectivity index is 1.40. The van der Waals surface area contributed by atoms with Crippen molar-refractivity contribution < 1.29 is 89.4 Å². The van der Waals surface area contributed by atoms with Crippen molar-refractivity contribution in [2.24, 2.45) is 0 Å². The molecule has 590 valence electrons. The fraction of sp³-hybridized carbons (Fsp3) is 0.795. The number of nitrogens with one attached hydrogen (secondary N) is 1. The van der Waals surface area contributed by atoms with Crippen LogP contribution in [0.5, 0.6) is 0 Å². The van der Waals surface area contributed by atoms with Crippen molar-refractivity contribution in [1.29, 1.82) is 0 Å². The van der Waals surface area contributed by atoms with E-state index in [2.05, 4.69) is 104 Å². The molecule has 3 aliphatic heterocycles. The number of rotatable bonds is 63. The summed E-state index contributed by atoms with van der Waals surface area (Å²) in [6, 6.07) is -1.01. The van der Waals surface area contributed by atoms with Crippen molar-refractivity contribution in [1.82, 2.24) is 5.32 Å². The second kappa shape index (κ2) is 62.7. The summed E-state index contributed by atoms with van der Waals surface area (Å²) < 4.78 is 34.4. The minimum Gasteiger partial charge on any atom is -0.394 e. The molecule has 1 amide bonds. The molecule has 0 spiro atoms. The summed E-state index contributed by atoms with van der Waals surface area (Å²) in [6.45, 7) is 1.61. The Kier molecular flexibility index (Phi) is 57.1. The molecule has 0 aromatic rings. The summed E-state index contributed by atoms with van der Waals surface area (Å²) in [7, 11) is 0. The van der Waals surface area contributed by atoms with Crippen molar-refractivity contribution in [3.8, 4) is 0 Å². The van der Waals surface area contributed by atoms with Gasteiger partial charge in [0.15, 0.2) is 18.9 Å². The minimum atomic E-state index is -1.99. The monoisotopic (exact) mass is 1440 g/mol. The van der Waals surface area contributed by atoms with Gasteiger partial charge in [0.05, 0.1) is 38.6 Å². The van der Waals surface area contributed by atoms with E-state index < -0.39 is 124 Å². The molecule has 12 N–H and O–H groups in total. The van der Waals surface area contributed by atoms with Crippen LogP contribution in [0.2, 0.25) is 0 Å². The number of amides is 1. The summed E-state index contributed by atoms with van der Waals surface area (Å²) >= 11 is 0. The van der Waals surface area contributed by atoms with Gasteiger partial charge < -0.3 is 89.9 Å². The van der Waals surface area contributed by atoms with Gasteiger partial charge in [0, 0.05) is 6.42 Å². The summed E-state index contributed by atoms with van der Waals surface area (Å²) in [5.74, 6) is -0.298. The molecule has 0 bridgehead atoms. The van der Waals surface area contributed by atoms with Crippen LogP contribution in [0.4, 0.5) is 0 Å². The Morgan fingerprint density at radius 3 is 1.10 bits per heavy atom.